The largest absolute Gasteiger partial charge is 0.409 e. The lowest BCUT2D eigenvalue weighted by molar-refractivity contribution is -0.141. The molecule has 0 fully saturated rings. The summed E-state index contributed by atoms with van der Waals surface area (Å²) < 4.78 is 81.1. The van der Waals surface area contributed by atoms with Crippen molar-refractivity contribution >= 4 is 21.7 Å². The molecule has 2 N–H and O–H groups in total. The summed E-state index contributed by atoms with van der Waals surface area (Å²) in [6, 6.07) is 0.960. The van der Waals surface area contributed by atoms with Gasteiger partial charge in [-0.1, -0.05) is 0 Å². The van der Waals surface area contributed by atoms with Crippen LogP contribution in [0.4, 0.5) is 23.4 Å². The van der Waals surface area contributed by atoms with Crippen LogP contribution in [0.2, 0.25) is 0 Å². The molecule has 0 aliphatic rings. The van der Waals surface area contributed by atoms with Crippen molar-refractivity contribution in [2.75, 3.05) is 4.31 Å². The molecule has 0 unspecified atom stereocenters. The lowest BCUT2D eigenvalue weighted by Gasteiger charge is -2.30. The van der Waals surface area contributed by atoms with E-state index in [0.717, 1.165) is 29.9 Å². The van der Waals surface area contributed by atoms with Crippen molar-refractivity contribution in [3.05, 3.63) is 41.6 Å². The van der Waals surface area contributed by atoms with E-state index in [9.17, 15) is 30.8 Å². The van der Waals surface area contributed by atoms with Gasteiger partial charge < -0.3 is 10.3 Å². The molecule has 0 spiro atoms. The van der Waals surface area contributed by atoms with Crippen LogP contribution in [0.3, 0.4) is 0 Å². The number of alkyl halides is 3. The molecule has 28 heavy (non-hydrogen) atoms. The third-order valence-electron chi connectivity index (χ3n) is 3.78. The molecular formula is C15H13F4N5O3S. The molecule has 2 aromatic rings. The fraction of sp³-hybridized carbons (Fsp3) is 0.267. The zero-order chi connectivity index (χ0) is 21.4. The highest BCUT2D eigenvalue weighted by atomic mass is 32.2. The second-order valence-corrected chi connectivity index (χ2v) is 7.45. The lowest BCUT2D eigenvalue weighted by atomic mass is 10.2. The molecule has 1 atom stereocenters. The van der Waals surface area contributed by atoms with E-state index in [1.807, 2.05) is 0 Å². The topological polar surface area (TPSA) is 122 Å². The van der Waals surface area contributed by atoms with Crippen LogP contribution in [0.15, 0.2) is 29.4 Å². The highest BCUT2D eigenvalue weighted by Gasteiger charge is 2.47. The highest BCUT2D eigenvalue weighted by Crippen LogP contribution is 2.34. The van der Waals surface area contributed by atoms with E-state index < -0.39 is 50.4 Å². The smallest absolute Gasteiger partial charge is 0.364 e. The van der Waals surface area contributed by atoms with Crippen LogP contribution in [0.1, 0.15) is 23.0 Å². The third-order valence-corrected chi connectivity index (χ3v) is 5.65. The second-order valence-electron chi connectivity index (χ2n) is 5.66. The van der Waals surface area contributed by atoms with Gasteiger partial charge in [0.1, 0.15) is 22.4 Å². The zero-order valence-corrected chi connectivity index (χ0v) is 15.2. The third kappa shape index (κ3) is 3.63. The second kappa shape index (κ2) is 7.12. The molecule has 0 saturated heterocycles. The lowest BCUT2D eigenvalue weighted by Crippen LogP contribution is -2.47. The maximum absolute atomic E-state index is 14.5. The van der Waals surface area contributed by atoms with Crippen LogP contribution >= 0.6 is 0 Å². The minimum absolute atomic E-state index is 0.156. The number of sulfonamides is 1. The summed E-state index contributed by atoms with van der Waals surface area (Å²) in [6.45, 7) is 0.536. The number of nitriles is 1. The van der Waals surface area contributed by atoms with Crippen molar-refractivity contribution in [2.45, 2.75) is 24.0 Å². The molecule has 2 rings (SSSR count). The monoisotopic (exact) mass is 419 g/mol. The van der Waals surface area contributed by atoms with Gasteiger partial charge in [0.2, 0.25) is 0 Å². The Morgan fingerprint density at radius 3 is 2.50 bits per heavy atom. The molecule has 8 nitrogen and oxygen atoms in total. The van der Waals surface area contributed by atoms with Gasteiger partial charge >= 0.3 is 6.18 Å². The first kappa shape index (κ1) is 21.2. The Kier molecular flexibility index (Phi) is 5.38. The van der Waals surface area contributed by atoms with Crippen LogP contribution in [-0.2, 0) is 17.1 Å². The van der Waals surface area contributed by atoms with E-state index in [4.69, 9.17) is 11.0 Å². The quantitative estimate of drug-likeness (QED) is 0.739. The Morgan fingerprint density at radius 2 is 2.04 bits per heavy atom. The first-order chi connectivity index (χ1) is 12.8. The molecule has 2 aromatic heterocycles. The maximum atomic E-state index is 14.5. The predicted octanol–water partition coefficient (Wildman–Crippen LogP) is 1.68. The summed E-state index contributed by atoms with van der Waals surface area (Å²) >= 11 is 0. The normalized spacial score (nSPS) is 13.0. The van der Waals surface area contributed by atoms with Crippen LogP contribution in [-0.4, -0.2) is 36.1 Å². The molecule has 150 valence electrons. The van der Waals surface area contributed by atoms with Crippen molar-refractivity contribution in [2.24, 2.45) is 12.8 Å². The van der Waals surface area contributed by atoms with Gasteiger partial charge in [-0.25, -0.2) is 22.1 Å². The SMILES string of the molecule is C[C@@H](N(c1cc(C#N)ccn1)S(=O)(=O)c1cn(C)c(C(N)=O)c1F)C(F)(F)F. The Morgan fingerprint density at radius 1 is 1.43 bits per heavy atom. The molecular weight excluding hydrogens is 406 g/mol. The number of amides is 1. The summed E-state index contributed by atoms with van der Waals surface area (Å²) in [7, 11) is -4.08. The van der Waals surface area contributed by atoms with Crippen LogP contribution in [0.5, 0.6) is 0 Å². The van der Waals surface area contributed by atoms with Gasteiger partial charge in [0.05, 0.1) is 11.6 Å². The number of carbonyl (C=O) groups is 1. The molecule has 0 bridgehead atoms. The van der Waals surface area contributed by atoms with E-state index in [-0.39, 0.29) is 9.87 Å². The van der Waals surface area contributed by atoms with Crippen LogP contribution < -0.4 is 10.0 Å². The molecule has 0 aromatic carbocycles. The average Bonchev–Trinajstić information content (AvgIpc) is 2.89. The molecule has 0 aliphatic heterocycles. The Labute approximate surface area is 156 Å². The number of hydrogen-bond acceptors (Lipinski definition) is 5. The fourth-order valence-corrected chi connectivity index (χ4v) is 4.12. The molecule has 0 aliphatic carbocycles. The van der Waals surface area contributed by atoms with Crippen molar-refractivity contribution in [3.63, 3.8) is 0 Å². The van der Waals surface area contributed by atoms with Gasteiger partial charge in [0.25, 0.3) is 15.9 Å². The van der Waals surface area contributed by atoms with Gasteiger partial charge in [-0.15, -0.1) is 0 Å². The number of rotatable bonds is 5. The molecule has 0 saturated carbocycles. The minimum Gasteiger partial charge on any atom is -0.364 e. The molecule has 2 heterocycles. The summed E-state index contributed by atoms with van der Waals surface area (Å²) in [4.78, 5) is 13.7. The Hall–Kier alpha value is -3.14. The zero-order valence-electron chi connectivity index (χ0n) is 14.4. The number of carbonyl (C=O) groups excluding carboxylic acids is 1. The highest BCUT2D eigenvalue weighted by molar-refractivity contribution is 7.92. The van der Waals surface area contributed by atoms with Crippen LogP contribution in [0, 0.1) is 17.1 Å². The molecule has 1 amide bonds. The number of primary amides is 1. The summed E-state index contributed by atoms with van der Waals surface area (Å²) in [5, 5.41) is 8.92. The van der Waals surface area contributed by atoms with Crippen molar-refractivity contribution in [1.29, 1.82) is 5.26 Å². The van der Waals surface area contributed by atoms with Crippen LogP contribution in [0.25, 0.3) is 0 Å². The van der Waals surface area contributed by atoms with Gasteiger partial charge in [0.15, 0.2) is 5.82 Å². The number of anilines is 1. The van der Waals surface area contributed by atoms with E-state index >= 15 is 0 Å². The first-order valence-electron chi connectivity index (χ1n) is 7.44. The van der Waals surface area contributed by atoms with E-state index in [0.29, 0.717) is 13.1 Å². The van der Waals surface area contributed by atoms with E-state index in [2.05, 4.69) is 4.98 Å². The van der Waals surface area contributed by atoms with Gasteiger partial charge in [-0.2, -0.15) is 18.4 Å². The minimum atomic E-state index is -5.19. The van der Waals surface area contributed by atoms with E-state index in [1.54, 1.807) is 6.07 Å². The maximum Gasteiger partial charge on any atom is 0.409 e. The summed E-state index contributed by atoms with van der Waals surface area (Å²) in [5.74, 6) is -3.64. The van der Waals surface area contributed by atoms with Crippen molar-refractivity contribution in [1.82, 2.24) is 9.55 Å². The summed E-state index contributed by atoms with van der Waals surface area (Å²) in [5.41, 5.74) is 4.01. The Bertz CT molecular complexity index is 1070. The van der Waals surface area contributed by atoms with Gasteiger partial charge in [0, 0.05) is 19.4 Å². The predicted molar refractivity (Wildman–Crippen MR) is 88.0 cm³/mol. The fourth-order valence-electron chi connectivity index (χ4n) is 2.41. The Balaban J connectivity index is 2.78. The number of aryl methyl sites for hydroxylation is 1. The van der Waals surface area contributed by atoms with E-state index in [1.165, 1.54) is 0 Å². The summed E-state index contributed by atoms with van der Waals surface area (Å²) in [6.07, 6.45) is -3.47. The number of halogens is 4. The number of hydrogen-bond donors (Lipinski definition) is 1. The van der Waals surface area contributed by atoms with Gasteiger partial charge in [-0.05, 0) is 19.1 Å². The number of nitrogens with two attached hydrogens (primary N) is 1. The van der Waals surface area contributed by atoms with Crippen molar-refractivity contribution in [3.8, 4) is 6.07 Å². The number of aromatic nitrogens is 2. The van der Waals surface area contributed by atoms with Gasteiger partial charge in [-0.3, -0.25) is 4.79 Å². The number of pyridine rings is 1. The molecule has 13 heteroatoms. The first-order valence-corrected chi connectivity index (χ1v) is 8.88. The number of nitrogens with zero attached hydrogens (tertiary/aromatic N) is 4. The molecule has 0 radical (unpaired) electrons. The standard InChI is InChI=1S/C15H13F4N5O3S/c1-8(15(17,18)19)24(11-5-9(6-20)3-4-22-11)28(26,27)10-7-23(2)13(12(10)16)14(21)25/h3-5,7-8H,1-2H3,(H2,21,25)/t8-/m1/s1. The average molecular weight is 419 g/mol. The van der Waals surface area contributed by atoms with Crippen molar-refractivity contribution < 1.29 is 30.8 Å².